The van der Waals surface area contributed by atoms with Crippen LogP contribution >= 0.6 is 0 Å². The number of nitriles is 1. The Kier molecular flexibility index (Phi) is 6.96. The lowest BCUT2D eigenvalue weighted by molar-refractivity contribution is -0.142. The maximum Gasteiger partial charge on any atom is 0.310 e. The van der Waals surface area contributed by atoms with E-state index >= 15 is 4.39 Å². The summed E-state index contributed by atoms with van der Waals surface area (Å²) in [4.78, 5) is 16.5. The molecule has 0 saturated carbocycles. The highest BCUT2D eigenvalue weighted by Crippen LogP contribution is 2.28. The standard InChI is InChI=1S/C26H23FN2O4/c1-2-32-26(30)13-20-12-23(27)22-11-21(20)16-31-9-8-18-10-17(6-7-19(18)14-28)15-33-25-5-3-4-24(22)29-25/h3-7,10-12H,2,8-9,13,15-16H2,1H3. The second-order valence-corrected chi connectivity index (χ2v) is 7.64. The van der Waals surface area contributed by atoms with Crippen LogP contribution in [0, 0.1) is 17.1 Å². The summed E-state index contributed by atoms with van der Waals surface area (Å²) in [5.74, 6) is -0.556. The molecule has 2 aromatic carbocycles. The van der Waals surface area contributed by atoms with Crippen molar-refractivity contribution in [3.05, 3.63) is 82.2 Å². The molecule has 0 unspecified atom stereocenters. The van der Waals surface area contributed by atoms with Gasteiger partial charge in [-0.3, -0.25) is 4.79 Å². The molecule has 0 aliphatic carbocycles. The number of nitrogens with zero attached hydrogens (tertiary/aromatic N) is 2. The van der Waals surface area contributed by atoms with Gasteiger partial charge < -0.3 is 14.2 Å². The monoisotopic (exact) mass is 446 g/mol. The first-order valence-electron chi connectivity index (χ1n) is 10.7. The van der Waals surface area contributed by atoms with Crippen LogP contribution in [0.2, 0.25) is 0 Å². The zero-order valence-electron chi connectivity index (χ0n) is 18.3. The van der Waals surface area contributed by atoms with E-state index in [4.69, 9.17) is 14.2 Å². The highest BCUT2D eigenvalue weighted by atomic mass is 19.1. The molecule has 6 bridgehead atoms. The molecule has 0 spiro atoms. The average Bonchev–Trinajstić information content (AvgIpc) is 2.81. The smallest absolute Gasteiger partial charge is 0.310 e. The first-order chi connectivity index (χ1) is 16.1. The molecule has 1 aliphatic heterocycles. The van der Waals surface area contributed by atoms with Gasteiger partial charge in [0.2, 0.25) is 5.88 Å². The molecule has 6 nitrogen and oxygen atoms in total. The number of benzene rings is 2. The number of fused-ring (bicyclic) bond motifs is 7. The highest BCUT2D eigenvalue weighted by molar-refractivity contribution is 5.74. The lowest BCUT2D eigenvalue weighted by atomic mass is 9.99. The van der Waals surface area contributed by atoms with E-state index in [1.807, 2.05) is 12.1 Å². The summed E-state index contributed by atoms with van der Waals surface area (Å²) in [6.07, 6.45) is 0.477. The summed E-state index contributed by atoms with van der Waals surface area (Å²) >= 11 is 0. The number of hydrogen-bond acceptors (Lipinski definition) is 6. The minimum atomic E-state index is -0.489. The van der Waals surface area contributed by atoms with Gasteiger partial charge in [-0.1, -0.05) is 18.2 Å². The predicted octanol–water partition coefficient (Wildman–Crippen LogP) is 4.52. The summed E-state index contributed by atoms with van der Waals surface area (Å²) in [5.41, 5.74) is 4.25. The topological polar surface area (TPSA) is 81.4 Å². The fourth-order valence-electron chi connectivity index (χ4n) is 3.74. The molecule has 0 N–H and O–H groups in total. The van der Waals surface area contributed by atoms with Crippen LogP contribution < -0.4 is 4.74 Å². The average molecular weight is 446 g/mol. The number of halogens is 1. The molecule has 33 heavy (non-hydrogen) atoms. The Bertz CT molecular complexity index is 1220. The van der Waals surface area contributed by atoms with E-state index in [0.717, 1.165) is 11.1 Å². The summed E-state index contributed by atoms with van der Waals surface area (Å²) in [5, 5.41) is 9.44. The highest BCUT2D eigenvalue weighted by Gasteiger charge is 2.17. The van der Waals surface area contributed by atoms with Crippen molar-refractivity contribution in [2.45, 2.75) is 33.0 Å². The Morgan fingerprint density at radius 3 is 2.88 bits per heavy atom. The van der Waals surface area contributed by atoms with Crippen LogP contribution in [0.3, 0.4) is 0 Å². The number of rotatable bonds is 3. The van der Waals surface area contributed by atoms with E-state index in [9.17, 15) is 10.1 Å². The molecule has 0 saturated heterocycles. The van der Waals surface area contributed by atoms with Gasteiger partial charge in [0.15, 0.2) is 0 Å². The van der Waals surface area contributed by atoms with Crippen LogP contribution in [0.4, 0.5) is 4.39 Å². The van der Waals surface area contributed by atoms with Crippen molar-refractivity contribution in [1.82, 2.24) is 4.98 Å². The number of pyridine rings is 1. The SMILES string of the molecule is CCOC(=O)Cc1cc(F)c2cc1COCCc1cc(ccc1C#N)COc1cccc-2n1. The van der Waals surface area contributed by atoms with Gasteiger partial charge in [-0.15, -0.1) is 0 Å². The van der Waals surface area contributed by atoms with E-state index in [0.29, 0.717) is 46.9 Å². The van der Waals surface area contributed by atoms with Gasteiger partial charge >= 0.3 is 5.97 Å². The fraction of sp³-hybridized carbons (Fsp3) is 0.269. The molecule has 1 aliphatic rings. The van der Waals surface area contributed by atoms with Crippen LogP contribution in [0.5, 0.6) is 5.88 Å². The molecule has 1 aromatic heterocycles. The molecule has 7 heteroatoms. The van der Waals surface area contributed by atoms with Crippen LogP contribution in [-0.4, -0.2) is 24.2 Å². The Morgan fingerprint density at radius 1 is 1.18 bits per heavy atom. The molecule has 3 aromatic rings. The number of hydrogen-bond donors (Lipinski definition) is 0. The maximum atomic E-state index is 15.1. The third-order valence-corrected chi connectivity index (χ3v) is 5.38. The Hall–Kier alpha value is -3.76. The summed E-state index contributed by atoms with van der Waals surface area (Å²) in [6, 6.07) is 15.9. The molecule has 0 fully saturated rings. The van der Waals surface area contributed by atoms with Gasteiger partial charge in [0, 0.05) is 11.6 Å². The minimum Gasteiger partial charge on any atom is -0.473 e. The lowest BCUT2D eigenvalue weighted by Crippen LogP contribution is -2.11. The largest absolute Gasteiger partial charge is 0.473 e. The van der Waals surface area contributed by atoms with Gasteiger partial charge in [0.1, 0.15) is 12.4 Å². The van der Waals surface area contributed by atoms with Crippen LogP contribution in [-0.2, 0) is 40.3 Å². The third kappa shape index (κ3) is 5.36. The van der Waals surface area contributed by atoms with Gasteiger partial charge in [-0.25, -0.2) is 9.37 Å². The molecule has 168 valence electrons. The third-order valence-electron chi connectivity index (χ3n) is 5.38. The molecular weight excluding hydrogens is 423 g/mol. The molecule has 2 heterocycles. The molecular formula is C26H23FN2O4. The number of carbonyl (C=O) groups excluding carboxylic acids is 1. The van der Waals surface area contributed by atoms with Crippen LogP contribution in [0.25, 0.3) is 11.3 Å². The van der Waals surface area contributed by atoms with E-state index in [1.165, 1.54) is 6.07 Å². The summed E-state index contributed by atoms with van der Waals surface area (Å²) < 4.78 is 31.8. The minimum absolute atomic E-state index is 0.0546. The maximum absolute atomic E-state index is 15.1. The molecule has 0 atom stereocenters. The van der Waals surface area contributed by atoms with Gasteiger partial charge in [-0.2, -0.15) is 5.26 Å². The summed E-state index contributed by atoms with van der Waals surface area (Å²) in [7, 11) is 0. The van der Waals surface area contributed by atoms with E-state index < -0.39 is 11.8 Å². The van der Waals surface area contributed by atoms with Crippen molar-refractivity contribution in [3.63, 3.8) is 0 Å². The first-order valence-corrected chi connectivity index (χ1v) is 10.7. The van der Waals surface area contributed by atoms with Crippen LogP contribution in [0.15, 0.2) is 48.5 Å². The Labute approximate surface area is 191 Å². The Balaban J connectivity index is 1.73. The van der Waals surface area contributed by atoms with Crippen molar-refractivity contribution in [2.24, 2.45) is 0 Å². The van der Waals surface area contributed by atoms with Crippen molar-refractivity contribution >= 4 is 5.97 Å². The molecule has 0 radical (unpaired) electrons. The number of aromatic nitrogens is 1. The fourth-order valence-corrected chi connectivity index (χ4v) is 3.74. The number of esters is 1. The van der Waals surface area contributed by atoms with Crippen molar-refractivity contribution < 1.29 is 23.4 Å². The summed E-state index contributed by atoms with van der Waals surface area (Å²) in [6.45, 7) is 2.78. The van der Waals surface area contributed by atoms with Gasteiger partial charge in [0.05, 0.1) is 43.6 Å². The van der Waals surface area contributed by atoms with Crippen molar-refractivity contribution in [2.75, 3.05) is 13.2 Å². The quantitative estimate of drug-likeness (QED) is 0.551. The predicted molar refractivity (Wildman–Crippen MR) is 119 cm³/mol. The van der Waals surface area contributed by atoms with E-state index in [-0.39, 0.29) is 26.2 Å². The zero-order valence-corrected chi connectivity index (χ0v) is 18.3. The van der Waals surface area contributed by atoms with E-state index in [1.54, 1.807) is 37.3 Å². The number of carbonyl (C=O) groups is 1. The second kappa shape index (κ2) is 10.2. The van der Waals surface area contributed by atoms with Crippen molar-refractivity contribution in [3.8, 4) is 23.2 Å². The van der Waals surface area contributed by atoms with Gasteiger partial charge in [0.25, 0.3) is 0 Å². The number of ether oxygens (including phenoxy) is 3. The van der Waals surface area contributed by atoms with Crippen molar-refractivity contribution in [1.29, 1.82) is 5.26 Å². The molecule has 4 rings (SSSR count). The van der Waals surface area contributed by atoms with Gasteiger partial charge in [-0.05, 0) is 59.9 Å². The van der Waals surface area contributed by atoms with E-state index in [2.05, 4.69) is 11.1 Å². The lowest BCUT2D eigenvalue weighted by Gasteiger charge is -2.14. The second-order valence-electron chi connectivity index (χ2n) is 7.64. The zero-order chi connectivity index (χ0) is 23.2. The first kappa shape index (κ1) is 22.4. The molecule has 0 amide bonds. The van der Waals surface area contributed by atoms with Crippen LogP contribution in [0.1, 0.15) is 34.7 Å². The normalized spacial score (nSPS) is 13.1. The Morgan fingerprint density at radius 2 is 2.06 bits per heavy atom.